The van der Waals surface area contributed by atoms with Crippen molar-refractivity contribution in [2.75, 3.05) is 13.2 Å². The van der Waals surface area contributed by atoms with Crippen LogP contribution in [0.25, 0.3) is 0 Å². The summed E-state index contributed by atoms with van der Waals surface area (Å²) in [4.78, 5) is 19.6. The van der Waals surface area contributed by atoms with Gasteiger partial charge in [-0.3, -0.25) is 4.79 Å². The highest BCUT2D eigenvalue weighted by molar-refractivity contribution is 9.10. The Morgan fingerprint density at radius 1 is 0.976 bits per heavy atom. The van der Waals surface area contributed by atoms with E-state index in [-0.39, 0.29) is 12.5 Å². The first-order chi connectivity index (χ1) is 20.4. The molecule has 1 heterocycles. The molecule has 2 N–H and O–H groups in total. The van der Waals surface area contributed by atoms with Crippen LogP contribution < -0.4 is 10.1 Å². The lowest BCUT2D eigenvalue weighted by Gasteiger charge is -2.31. The van der Waals surface area contributed by atoms with Crippen molar-refractivity contribution in [1.82, 2.24) is 5.32 Å². The van der Waals surface area contributed by atoms with Crippen LogP contribution in [0.3, 0.4) is 0 Å². The lowest BCUT2D eigenvalue weighted by molar-refractivity contribution is -0.129. The maximum Gasteiger partial charge on any atom is 0.252 e. The largest absolute Gasteiger partial charge is 0.494 e. The van der Waals surface area contributed by atoms with Gasteiger partial charge in [-0.25, -0.2) is 4.99 Å². The molecule has 8 heteroatoms. The summed E-state index contributed by atoms with van der Waals surface area (Å²) in [7, 11) is 0. The number of hydrogen-bond acceptors (Lipinski definition) is 5. The van der Waals surface area contributed by atoms with Crippen LogP contribution in [0.1, 0.15) is 40.3 Å². The molecule has 0 spiro atoms. The first-order valence-corrected chi connectivity index (χ1v) is 15.4. The Morgan fingerprint density at radius 3 is 2.43 bits per heavy atom. The number of halogens is 2. The van der Waals surface area contributed by atoms with Gasteiger partial charge in [0.2, 0.25) is 5.90 Å². The molecule has 6 nitrogen and oxygen atoms in total. The second-order valence-electron chi connectivity index (χ2n) is 10.3. The molecule has 1 aliphatic heterocycles. The summed E-state index contributed by atoms with van der Waals surface area (Å²) in [6.07, 6.45) is 0.167. The van der Waals surface area contributed by atoms with Crippen LogP contribution >= 0.6 is 31.9 Å². The number of hydrogen-bond donors (Lipinski definition) is 2. The molecular formula is C34H32Br2N2O4. The van der Waals surface area contributed by atoms with Crippen LogP contribution in [0.2, 0.25) is 0 Å². The summed E-state index contributed by atoms with van der Waals surface area (Å²) in [6.45, 7) is 2.90. The lowest BCUT2D eigenvalue weighted by Crippen LogP contribution is -2.49. The van der Waals surface area contributed by atoms with E-state index in [1.54, 1.807) is 0 Å². The highest BCUT2D eigenvalue weighted by Gasteiger charge is 2.54. The van der Waals surface area contributed by atoms with E-state index in [2.05, 4.69) is 43.2 Å². The molecular weight excluding hydrogens is 660 g/mol. The third kappa shape index (κ3) is 6.77. The maximum absolute atomic E-state index is 14.4. The molecule has 1 aliphatic rings. The summed E-state index contributed by atoms with van der Waals surface area (Å²) in [5, 5.41) is 12.2. The average Bonchev–Trinajstić information content (AvgIpc) is 3.38. The molecule has 5 rings (SSSR count). The lowest BCUT2D eigenvalue weighted by atomic mass is 9.82. The average molecular weight is 692 g/mol. The zero-order chi connectivity index (χ0) is 29.5. The third-order valence-electron chi connectivity index (χ3n) is 7.17. The zero-order valence-electron chi connectivity index (χ0n) is 23.2. The Hall–Kier alpha value is -3.46. The first kappa shape index (κ1) is 30.0. The number of nitrogens with one attached hydrogen (secondary N) is 1. The summed E-state index contributed by atoms with van der Waals surface area (Å²) >= 11 is 7.39. The number of benzene rings is 4. The summed E-state index contributed by atoms with van der Waals surface area (Å²) < 4.78 is 14.1. The number of amides is 1. The molecule has 0 saturated carbocycles. The Bertz CT molecular complexity index is 1570. The number of ether oxygens (including phenoxy) is 2. The topological polar surface area (TPSA) is 80.2 Å². The number of aryl methyl sites for hydroxylation is 1. The van der Waals surface area contributed by atoms with Crippen molar-refractivity contribution in [3.05, 3.63) is 134 Å². The van der Waals surface area contributed by atoms with Crippen molar-refractivity contribution < 1.29 is 19.4 Å². The molecule has 0 bridgehead atoms. The minimum absolute atomic E-state index is 0.0741. The van der Waals surface area contributed by atoms with Gasteiger partial charge in [0.1, 0.15) is 5.75 Å². The molecule has 0 aliphatic carbocycles. The predicted octanol–water partition coefficient (Wildman–Crippen LogP) is 7.10. The van der Waals surface area contributed by atoms with Crippen molar-refractivity contribution in [1.29, 1.82) is 0 Å². The van der Waals surface area contributed by atoms with Crippen LogP contribution in [-0.4, -0.2) is 35.7 Å². The molecule has 216 valence electrons. The van der Waals surface area contributed by atoms with E-state index >= 15 is 0 Å². The predicted molar refractivity (Wildman–Crippen MR) is 172 cm³/mol. The minimum Gasteiger partial charge on any atom is -0.494 e. The molecule has 2 atom stereocenters. The summed E-state index contributed by atoms with van der Waals surface area (Å²) in [5.41, 5.74) is 3.35. The van der Waals surface area contributed by atoms with E-state index in [0.29, 0.717) is 37.6 Å². The van der Waals surface area contributed by atoms with E-state index in [0.717, 1.165) is 36.8 Å². The SMILES string of the molecule is Cc1cccc(CNC(=O)[C@]2(Cc3ccccc3Br)N=C(c3ccc(OCCCO)cc3)O[C@@H]2c2ccccc2Br)c1. The first-order valence-electron chi connectivity index (χ1n) is 13.8. The van der Waals surface area contributed by atoms with Gasteiger partial charge in [-0.1, -0.05) is 98.1 Å². The monoisotopic (exact) mass is 690 g/mol. The third-order valence-corrected chi connectivity index (χ3v) is 8.67. The van der Waals surface area contributed by atoms with Crippen molar-refractivity contribution >= 4 is 43.7 Å². The van der Waals surface area contributed by atoms with Crippen LogP contribution in [0.15, 0.2) is 111 Å². The number of aliphatic hydroxyl groups is 1. The van der Waals surface area contributed by atoms with Crippen LogP contribution in [0.4, 0.5) is 0 Å². The Morgan fingerprint density at radius 2 is 1.71 bits per heavy atom. The maximum atomic E-state index is 14.4. The van der Waals surface area contributed by atoms with E-state index in [4.69, 9.17) is 19.6 Å². The van der Waals surface area contributed by atoms with E-state index in [1.165, 1.54) is 0 Å². The molecule has 0 saturated heterocycles. The van der Waals surface area contributed by atoms with E-state index in [1.807, 2.05) is 97.9 Å². The van der Waals surface area contributed by atoms with Gasteiger partial charge >= 0.3 is 0 Å². The normalized spacial score (nSPS) is 17.8. The Balaban J connectivity index is 1.57. The van der Waals surface area contributed by atoms with Crippen molar-refractivity contribution in [2.45, 2.75) is 38.0 Å². The highest BCUT2D eigenvalue weighted by Crippen LogP contribution is 2.45. The Labute approximate surface area is 263 Å². The standard InChI is InChI=1S/C34H32Br2N2O4/c1-23-8-6-9-24(20-23)22-37-33(40)34(21-26-10-2-4-12-29(26)35)31(28-11-3-5-13-30(28)36)42-32(38-34)25-14-16-27(17-15-25)41-19-7-18-39/h2-6,8-17,20,31,39H,7,18-19,21-22H2,1H3,(H,37,40)/t31-,34-/m1/s1. The van der Waals surface area contributed by atoms with Gasteiger partial charge in [-0.2, -0.15) is 0 Å². The van der Waals surface area contributed by atoms with Crippen molar-refractivity contribution in [3.63, 3.8) is 0 Å². The second kappa shape index (κ2) is 13.7. The summed E-state index contributed by atoms with van der Waals surface area (Å²) in [5.74, 6) is 0.846. The van der Waals surface area contributed by atoms with Gasteiger partial charge in [0.15, 0.2) is 11.6 Å². The number of carbonyl (C=O) groups excluding carboxylic acids is 1. The molecule has 0 fully saturated rings. The quantitative estimate of drug-likeness (QED) is 0.165. The molecule has 0 aromatic heterocycles. The molecule has 0 radical (unpaired) electrons. The van der Waals surface area contributed by atoms with Gasteiger partial charge in [-0.15, -0.1) is 0 Å². The molecule has 1 amide bonds. The fraction of sp³-hybridized carbons (Fsp3) is 0.235. The molecule has 42 heavy (non-hydrogen) atoms. The Kier molecular flexibility index (Phi) is 9.77. The minimum atomic E-state index is -1.30. The smallest absolute Gasteiger partial charge is 0.252 e. The number of carbonyl (C=O) groups is 1. The van der Waals surface area contributed by atoms with Gasteiger partial charge in [-0.05, 0) is 54.4 Å². The van der Waals surface area contributed by atoms with Gasteiger partial charge in [0.25, 0.3) is 5.91 Å². The fourth-order valence-electron chi connectivity index (χ4n) is 5.04. The van der Waals surface area contributed by atoms with Crippen LogP contribution in [0, 0.1) is 6.92 Å². The number of aliphatic imine (C=N–C) groups is 1. The molecule has 0 unspecified atom stereocenters. The number of nitrogens with zero attached hydrogens (tertiary/aromatic N) is 1. The molecule has 4 aromatic rings. The number of aliphatic hydroxyl groups excluding tert-OH is 1. The van der Waals surface area contributed by atoms with Crippen molar-refractivity contribution in [2.24, 2.45) is 4.99 Å². The zero-order valence-corrected chi connectivity index (χ0v) is 26.4. The van der Waals surface area contributed by atoms with E-state index < -0.39 is 11.6 Å². The second-order valence-corrected chi connectivity index (χ2v) is 12.0. The van der Waals surface area contributed by atoms with Crippen LogP contribution in [-0.2, 0) is 22.5 Å². The number of rotatable bonds is 11. The van der Waals surface area contributed by atoms with E-state index in [9.17, 15) is 4.79 Å². The highest BCUT2D eigenvalue weighted by atomic mass is 79.9. The van der Waals surface area contributed by atoms with Gasteiger partial charge in [0, 0.05) is 46.1 Å². The van der Waals surface area contributed by atoms with Gasteiger partial charge in [0.05, 0.1) is 6.61 Å². The summed E-state index contributed by atoms with van der Waals surface area (Å²) in [6, 6.07) is 31.2. The van der Waals surface area contributed by atoms with Crippen molar-refractivity contribution in [3.8, 4) is 5.75 Å². The van der Waals surface area contributed by atoms with Crippen LogP contribution in [0.5, 0.6) is 5.75 Å². The van der Waals surface area contributed by atoms with Gasteiger partial charge < -0.3 is 19.9 Å². The molecule has 4 aromatic carbocycles. The fourth-order valence-corrected chi connectivity index (χ4v) is 5.95.